The summed E-state index contributed by atoms with van der Waals surface area (Å²) in [7, 11) is 0. The Morgan fingerprint density at radius 3 is 2.95 bits per heavy atom. The van der Waals surface area contributed by atoms with Gasteiger partial charge in [-0.05, 0) is 18.6 Å². The third-order valence-corrected chi connectivity index (χ3v) is 3.25. The van der Waals surface area contributed by atoms with Crippen LogP contribution in [0.5, 0.6) is 0 Å². The van der Waals surface area contributed by atoms with Crippen LogP contribution < -0.4 is 5.49 Å². The van der Waals surface area contributed by atoms with E-state index in [4.69, 9.17) is 10.1 Å². The fourth-order valence-corrected chi connectivity index (χ4v) is 2.27. The lowest BCUT2D eigenvalue weighted by Crippen LogP contribution is -2.30. The number of hydrogen-bond donors (Lipinski definition) is 1. The van der Waals surface area contributed by atoms with Crippen molar-refractivity contribution in [3.8, 4) is 11.8 Å². The highest BCUT2D eigenvalue weighted by Gasteiger charge is 2.20. The number of benzene rings is 1. The van der Waals surface area contributed by atoms with E-state index in [0.717, 1.165) is 10.2 Å². The standard InChI is InChI=1S/C14H11FN4O/c15-11-3-1-2-4-13(11)19-14(17)10(7-16)9-5-6-20-8-12(9)18-19/h1-4,17H,5-6,8H2. The largest absolute Gasteiger partial charge is 0.375 e. The summed E-state index contributed by atoms with van der Waals surface area (Å²) in [4.78, 5) is 0. The molecule has 1 aromatic heterocycles. The predicted molar refractivity (Wildman–Crippen MR) is 67.5 cm³/mol. The fraction of sp³-hybridized carbons (Fsp3) is 0.214. The minimum atomic E-state index is -0.487. The SMILES string of the molecule is N#Cc1c2c(nn(-c3ccccc3F)c1=N)COCC2. The Labute approximate surface area is 114 Å². The van der Waals surface area contributed by atoms with Gasteiger partial charge >= 0.3 is 0 Å². The first-order valence-electron chi connectivity index (χ1n) is 6.15. The molecular weight excluding hydrogens is 259 g/mol. The van der Waals surface area contributed by atoms with Crippen LogP contribution in [-0.2, 0) is 17.8 Å². The van der Waals surface area contributed by atoms with E-state index in [0.29, 0.717) is 18.7 Å². The number of hydrogen-bond acceptors (Lipinski definition) is 4. The molecule has 20 heavy (non-hydrogen) atoms. The number of nitriles is 1. The van der Waals surface area contributed by atoms with Crippen LogP contribution in [0, 0.1) is 22.6 Å². The van der Waals surface area contributed by atoms with Gasteiger partial charge in [0.25, 0.3) is 0 Å². The lowest BCUT2D eigenvalue weighted by atomic mass is 10.0. The summed E-state index contributed by atoms with van der Waals surface area (Å²) < 4.78 is 20.3. The monoisotopic (exact) mass is 270 g/mol. The normalized spacial score (nSPS) is 13.6. The number of nitrogens with zero attached hydrogens (tertiary/aromatic N) is 3. The van der Waals surface area contributed by atoms with Crippen LogP contribution >= 0.6 is 0 Å². The first-order valence-corrected chi connectivity index (χ1v) is 6.15. The third-order valence-electron chi connectivity index (χ3n) is 3.25. The van der Waals surface area contributed by atoms with Crippen molar-refractivity contribution in [1.82, 2.24) is 9.78 Å². The Kier molecular flexibility index (Phi) is 3.05. The van der Waals surface area contributed by atoms with Gasteiger partial charge in [0.15, 0.2) is 5.49 Å². The van der Waals surface area contributed by atoms with Crippen LogP contribution in [-0.4, -0.2) is 16.4 Å². The van der Waals surface area contributed by atoms with E-state index in [2.05, 4.69) is 5.10 Å². The van der Waals surface area contributed by atoms with Gasteiger partial charge in [-0.1, -0.05) is 12.1 Å². The molecule has 0 fully saturated rings. The van der Waals surface area contributed by atoms with Crippen molar-refractivity contribution in [2.45, 2.75) is 13.0 Å². The molecule has 5 nitrogen and oxygen atoms in total. The topological polar surface area (TPSA) is 74.7 Å². The molecule has 1 N–H and O–H groups in total. The van der Waals surface area contributed by atoms with Crippen molar-refractivity contribution < 1.29 is 9.13 Å². The quantitative estimate of drug-likeness (QED) is 0.851. The molecule has 0 spiro atoms. The molecular formula is C14H11FN4O. The highest BCUT2D eigenvalue weighted by molar-refractivity contribution is 5.41. The van der Waals surface area contributed by atoms with Crippen molar-refractivity contribution in [2.24, 2.45) is 0 Å². The number of nitrogens with one attached hydrogen (secondary N) is 1. The van der Waals surface area contributed by atoms with Crippen LogP contribution in [0.2, 0.25) is 0 Å². The Hall–Kier alpha value is -2.52. The second kappa shape index (κ2) is 4.87. The number of aromatic nitrogens is 2. The zero-order chi connectivity index (χ0) is 14.1. The van der Waals surface area contributed by atoms with Gasteiger partial charge in [-0.25, -0.2) is 9.07 Å². The van der Waals surface area contributed by atoms with Crippen LogP contribution in [0.25, 0.3) is 5.69 Å². The molecule has 2 aromatic rings. The average molecular weight is 270 g/mol. The molecule has 0 amide bonds. The van der Waals surface area contributed by atoms with Crippen LogP contribution in [0.4, 0.5) is 4.39 Å². The van der Waals surface area contributed by atoms with Crippen LogP contribution in [0.3, 0.4) is 0 Å². The molecule has 2 heterocycles. The minimum Gasteiger partial charge on any atom is -0.375 e. The van der Waals surface area contributed by atoms with E-state index in [1.807, 2.05) is 6.07 Å². The third kappa shape index (κ3) is 1.89. The Morgan fingerprint density at radius 2 is 2.20 bits per heavy atom. The number of para-hydroxylation sites is 1. The molecule has 3 rings (SSSR count). The van der Waals surface area contributed by atoms with Crippen molar-refractivity contribution in [3.05, 3.63) is 52.4 Å². The summed E-state index contributed by atoms with van der Waals surface area (Å²) in [6, 6.07) is 8.08. The zero-order valence-corrected chi connectivity index (χ0v) is 10.6. The molecule has 0 bridgehead atoms. The molecule has 0 saturated carbocycles. The molecule has 0 saturated heterocycles. The molecule has 1 aromatic carbocycles. The van der Waals surface area contributed by atoms with E-state index >= 15 is 0 Å². The summed E-state index contributed by atoms with van der Waals surface area (Å²) in [5, 5.41) is 21.6. The van der Waals surface area contributed by atoms with Crippen molar-refractivity contribution in [1.29, 1.82) is 10.7 Å². The lowest BCUT2D eigenvalue weighted by Gasteiger charge is -2.19. The van der Waals surface area contributed by atoms with E-state index in [9.17, 15) is 9.65 Å². The van der Waals surface area contributed by atoms with Gasteiger partial charge in [0.1, 0.15) is 23.1 Å². The molecule has 0 aliphatic carbocycles. The highest BCUT2D eigenvalue weighted by atomic mass is 19.1. The van der Waals surface area contributed by atoms with Gasteiger partial charge in [-0.2, -0.15) is 10.4 Å². The molecule has 1 aliphatic heterocycles. The smallest absolute Gasteiger partial charge is 0.165 e. The Bertz CT molecular complexity index is 776. The van der Waals surface area contributed by atoms with E-state index < -0.39 is 5.82 Å². The molecule has 100 valence electrons. The first kappa shape index (κ1) is 12.5. The second-order valence-electron chi connectivity index (χ2n) is 4.43. The molecule has 0 unspecified atom stereocenters. The van der Waals surface area contributed by atoms with Crippen molar-refractivity contribution in [2.75, 3.05) is 6.61 Å². The summed E-state index contributed by atoms with van der Waals surface area (Å²) in [5.41, 5.74) is 1.62. The maximum absolute atomic E-state index is 13.9. The van der Waals surface area contributed by atoms with Crippen LogP contribution in [0.1, 0.15) is 16.8 Å². The van der Waals surface area contributed by atoms with Gasteiger partial charge < -0.3 is 4.74 Å². The van der Waals surface area contributed by atoms with Gasteiger partial charge in [-0.3, -0.25) is 5.41 Å². The van der Waals surface area contributed by atoms with E-state index in [-0.39, 0.29) is 23.3 Å². The fourth-order valence-electron chi connectivity index (χ4n) is 2.27. The Balaban J connectivity index is 2.31. The maximum Gasteiger partial charge on any atom is 0.165 e. The van der Waals surface area contributed by atoms with Gasteiger partial charge in [0.2, 0.25) is 0 Å². The molecule has 0 atom stereocenters. The summed E-state index contributed by atoms with van der Waals surface area (Å²) >= 11 is 0. The average Bonchev–Trinajstić information content (AvgIpc) is 2.47. The Morgan fingerprint density at radius 1 is 1.40 bits per heavy atom. The van der Waals surface area contributed by atoms with Crippen molar-refractivity contribution >= 4 is 0 Å². The van der Waals surface area contributed by atoms with Crippen LogP contribution in [0.15, 0.2) is 24.3 Å². The first-order chi connectivity index (χ1) is 9.72. The number of ether oxygens (including phenoxy) is 1. The number of fused-ring (bicyclic) bond motifs is 1. The van der Waals surface area contributed by atoms with Gasteiger partial charge in [0, 0.05) is 5.56 Å². The number of rotatable bonds is 1. The molecule has 6 heteroatoms. The van der Waals surface area contributed by atoms with Crippen molar-refractivity contribution in [3.63, 3.8) is 0 Å². The maximum atomic E-state index is 13.9. The summed E-state index contributed by atoms with van der Waals surface area (Å²) in [6.07, 6.45) is 0.551. The number of halogens is 1. The summed E-state index contributed by atoms with van der Waals surface area (Å²) in [5.74, 6) is -0.487. The zero-order valence-electron chi connectivity index (χ0n) is 10.6. The second-order valence-corrected chi connectivity index (χ2v) is 4.43. The molecule has 0 radical (unpaired) electrons. The molecule has 1 aliphatic rings. The lowest BCUT2D eigenvalue weighted by molar-refractivity contribution is 0.105. The summed E-state index contributed by atoms with van der Waals surface area (Å²) in [6.45, 7) is 0.783. The van der Waals surface area contributed by atoms with Gasteiger partial charge in [0.05, 0.1) is 18.9 Å². The van der Waals surface area contributed by atoms with E-state index in [1.54, 1.807) is 12.1 Å². The highest BCUT2D eigenvalue weighted by Crippen LogP contribution is 2.18. The predicted octanol–water partition coefficient (Wildman–Crippen LogP) is 1.44. The van der Waals surface area contributed by atoms with Gasteiger partial charge in [-0.15, -0.1) is 0 Å². The minimum absolute atomic E-state index is 0.0988. The van der Waals surface area contributed by atoms with E-state index in [1.165, 1.54) is 12.1 Å².